The van der Waals surface area contributed by atoms with Crippen molar-refractivity contribution in [1.82, 2.24) is 5.32 Å². The van der Waals surface area contributed by atoms with Gasteiger partial charge < -0.3 is 14.8 Å². The first-order valence-electron chi connectivity index (χ1n) is 4.84. The van der Waals surface area contributed by atoms with E-state index in [9.17, 15) is 9.59 Å². The normalized spacial score (nSPS) is 22.8. The highest BCUT2D eigenvalue weighted by Crippen LogP contribution is 2.37. The third kappa shape index (κ3) is 2.36. The molecular formula is C10H10ClNO4. The Hall–Kier alpha value is -1.49. The summed E-state index contributed by atoms with van der Waals surface area (Å²) in [7, 11) is 0. The molecule has 1 aromatic heterocycles. The zero-order valence-electron chi connectivity index (χ0n) is 8.27. The number of carbonyl (C=O) groups excluding carboxylic acids is 1. The summed E-state index contributed by atoms with van der Waals surface area (Å²) in [5.74, 6) is -1.33. The van der Waals surface area contributed by atoms with Crippen molar-refractivity contribution in [2.45, 2.75) is 6.42 Å². The Morgan fingerprint density at radius 2 is 2.31 bits per heavy atom. The van der Waals surface area contributed by atoms with Crippen LogP contribution in [0.1, 0.15) is 17.0 Å². The molecule has 1 amide bonds. The molecule has 0 unspecified atom stereocenters. The molecule has 2 rings (SSSR count). The number of carbonyl (C=O) groups is 2. The minimum atomic E-state index is -0.805. The second kappa shape index (κ2) is 4.17. The van der Waals surface area contributed by atoms with Gasteiger partial charge >= 0.3 is 5.97 Å². The third-order valence-corrected chi connectivity index (χ3v) is 2.76. The van der Waals surface area contributed by atoms with Gasteiger partial charge in [-0.15, -0.1) is 0 Å². The molecule has 0 saturated heterocycles. The van der Waals surface area contributed by atoms with Gasteiger partial charge in [0.2, 0.25) is 0 Å². The lowest BCUT2D eigenvalue weighted by molar-refractivity contribution is -0.138. The quantitative estimate of drug-likeness (QED) is 0.837. The minimum Gasteiger partial charge on any atom is -0.481 e. The van der Waals surface area contributed by atoms with Crippen molar-refractivity contribution in [3.05, 3.63) is 23.1 Å². The van der Waals surface area contributed by atoms with Gasteiger partial charge in [0.05, 0.1) is 5.92 Å². The number of hydrogen-bond donors (Lipinski definition) is 2. The fraction of sp³-hybridized carbons (Fsp3) is 0.400. The van der Waals surface area contributed by atoms with Crippen molar-refractivity contribution >= 4 is 23.5 Å². The molecular weight excluding hydrogens is 234 g/mol. The summed E-state index contributed by atoms with van der Waals surface area (Å²) in [4.78, 5) is 22.0. The molecule has 16 heavy (non-hydrogen) atoms. The van der Waals surface area contributed by atoms with E-state index in [0.29, 0.717) is 13.0 Å². The van der Waals surface area contributed by atoms with E-state index in [1.165, 1.54) is 12.1 Å². The number of furan rings is 1. The Labute approximate surface area is 96.4 Å². The van der Waals surface area contributed by atoms with Gasteiger partial charge in [-0.05, 0) is 36.1 Å². The topological polar surface area (TPSA) is 79.5 Å². The van der Waals surface area contributed by atoms with Gasteiger partial charge in [-0.3, -0.25) is 9.59 Å². The fourth-order valence-corrected chi connectivity index (χ4v) is 1.67. The van der Waals surface area contributed by atoms with Gasteiger partial charge in [0.25, 0.3) is 5.91 Å². The van der Waals surface area contributed by atoms with Crippen molar-refractivity contribution in [2.75, 3.05) is 6.54 Å². The van der Waals surface area contributed by atoms with Crippen LogP contribution in [-0.2, 0) is 4.79 Å². The van der Waals surface area contributed by atoms with Crippen LogP contribution in [0.15, 0.2) is 16.5 Å². The summed E-state index contributed by atoms with van der Waals surface area (Å²) >= 11 is 5.52. The summed E-state index contributed by atoms with van der Waals surface area (Å²) < 4.78 is 4.91. The second-order valence-corrected chi connectivity index (χ2v) is 4.13. The van der Waals surface area contributed by atoms with Crippen molar-refractivity contribution in [3.8, 4) is 0 Å². The zero-order valence-corrected chi connectivity index (χ0v) is 9.03. The number of carboxylic acids is 1. The van der Waals surface area contributed by atoms with Crippen molar-refractivity contribution < 1.29 is 19.1 Å². The van der Waals surface area contributed by atoms with Crippen LogP contribution in [0.3, 0.4) is 0 Å². The maximum Gasteiger partial charge on any atom is 0.306 e. The van der Waals surface area contributed by atoms with Crippen LogP contribution in [0.25, 0.3) is 0 Å². The van der Waals surface area contributed by atoms with Gasteiger partial charge in [-0.25, -0.2) is 0 Å². The van der Waals surface area contributed by atoms with Gasteiger partial charge in [-0.2, -0.15) is 0 Å². The van der Waals surface area contributed by atoms with Crippen LogP contribution in [0.2, 0.25) is 5.22 Å². The molecule has 0 aliphatic heterocycles. The Balaban J connectivity index is 1.79. The molecule has 0 bridgehead atoms. The van der Waals surface area contributed by atoms with Crippen molar-refractivity contribution in [2.24, 2.45) is 11.8 Å². The Morgan fingerprint density at radius 1 is 1.56 bits per heavy atom. The summed E-state index contributed by atoms with van der Waals surface area (Å²) in [5, 5.41) is 11.4. The molecule has 5 nitrogen and oxygen atoms in total. The summed E-state index contributed by atoms with van der Waals surface area (Å²) in [6, 6.07) is 2.95. The lowest BCUT2D eigenvalue weighted by Gasteiger charge is -2.00. The van der Waals surface area contributed by atoms with Gasteiger partial charge in [0.1, 0.15) is 0 Å². The highest BCUT2D eigenvalue weighted by Gasteiger charge is 2.43. The molecule has 1 aliphatic rings. The van der Waals surface area contributed by atoms with Gasteiger partial charge in [0, 0.05) is 6.54 Å². The van der Waals surface area contributed by atoms with Crippen molar-refractivity contribution in [3.63, 3.8) is 0 Å². The zero-order chi connectivity index (χ0) is 11.7. The van der Waals surface area contributed by atoms with Gasteiger partial charge in [0.15, 0.2) is 11.0 Å². The highest BCUT2D eigenvalue weighted by molar-refractivity contribution is 6.29. The monoisotopic (exact) mass is 243 g/mol. The van der Waals surface area contributed by atoms with E-state index >= 15 is 0 Å². The maximum absolute atomic E-state index is 11.5. The number of halogens is 1. The summed E-state index contributed by atoms with van der Waals surface area (Å²) in [5.41, 5.74) is 0. The van der Waals surface area contributed by atoms with Crippen LogP contribution >= 0.6 is 11.6 Å². The third-order valence-electron chi connectivity index (χ3n) is 2.56. The average molecular weight is 244 g/mol. The Bertz CT molecular complexity index is 428. The minimum absolute atomic E-state index is 0.0342. The molecule has 2 atom stereocenters. The number of hydrogen-bond acceptors (Lipinski definition) is 3. The Morgan fingerprint density at radius 3 is 2.81 bits per heavy atom. The van der Waals surface area contributed by atoms with Crippen molar-refractivity contribution in [1.29, 1.82) is 0 Å². The lowest BCUT2D eigenvalue weighted by atomic mass is 10.3. The molecule has 1 heterocycles. The number of aliphatic carboxylic acids is 1. The number of nitrogens with one attached hydrogen (secondary N) is 1. The predicted molar refractivity (Wildman–Crippen MR) is 55.3 cm³/mol. The van der Waals surface area contributed by atoms with E-state index < -0.39 is 5.97 Å². The number of amides is 1. The van der Waals surface area contributed by atoms with E-state index in [-0.39, 0.29) is 28.7 Å². The molecule has 0 radical (unpaired) electrons. The van der Waals surface area contributed by atoms with Crippen LogP contribution in [-0.4, -0.2) is 23.5 Å². The highest BCUT2D eigenvalue weighted by atomic mass is 35.5. The van der Waals surface area contributed by atoms with Crippen LogP contribution < -0.4 is 5.32 Å². The molecule has 6 heteroatoms. The van der Waals surface area contributed by atoms with E-state index in [4.69, 9.17) is 21.1 Å². The van der Waals surface area contributed by atoms with E-state index in [1.54, 1.807) is 0 Å². The summed E-state index contributed by atoms with van der Waals surface area (Å²) in [6.07, 6.45) is 0.620. The molecule has 1 aromatic rings. The number of carboxylic acid groups (broad SMARTS) is 1. The predicted octanol–water partition coefficient (Wildman–Crippen LogP) is 1.38. The van der Waals surface area contributed by atoms with E-state index in [0.717, 1.165) is 0 Å². The molecule has 1 aliphatic carbocycles. The van der Waals surface area contributed by atoms with E-state index in [2.05, 4.69) is 5.32 Å². The summed E-state index contributed by atoms with van der Waals surface area (Å²) in [6.45, 7) is 0.355. The molecule has 0 aromatic carbocycles. The van der Waals surface area contributed by atoms with Crippen LogP contribution in [0.5, 0.6) is 0 Å². The number of rotatable bonds is 4. The lowest BCUT2D eigenvalue weighted by Crippen LogP contribution is -2.26. The Kier molecular flexibility index (Phi) is 2.87. The molecule has 2 N–H and O–H groups in total. The fourth-order valence-electron chi connectivity index (χ4n) is 1.52. The SMILES string of the molecule is O=C(NC[C@H]1C[C@H]1C(=O)O)c1ccc(Cl)o1. The maximum atomic E-state index is 11.5. The smallest absolute Gasteiger partial charge is 0.306 e. The second-order valence-electron chi connectivity index (χ2n) is 3.75. The standard InChI is InChI=1S/C10H10ClNO4/c11-8-2-1-7(16-8)9(13)12-4-5-3-6(5)10(14)15/h1-2,5-6H,3-4H2,(H,12,13)(H,14,15)/t5-,6-/m1/s1. The molecule has 0 spiro atoms. The first kappa shape index (κ1) is 11.0. The van der Waals surface area contributed by atoms with Crippen LogP contribution in [0.4, 0.5) is 0 Å². The molecule has 86 valence electrons. The first-order valence-corrected chi connectivity index (χ1v) is 5.22. The molecule has 1 fully saturated rings. The van der Waals surface area contributed by atoms with Gasteiger partial charge in [-0.1, -0.05) is 0 Å². The first-order chi connectivity index (χ1) is 7.58. The van der Waals surface area contributed by atoms with Crippen LogP contribution in [0, 0.1) is 11.8 Å². The molecule has 1 saturated carbocycles. The largest absolute Gasteiger partial charge is 0.481 e. The van der Waals surface area contributed by atoms with E-state index in [1.807, 2.05) is 0 Å². The average Bonchev–Trinajstić information content (AvgIpc) is 2.89.